The molecule has 2 aromatic carbocycles. The van der Waals surface area contributed by atoms with Crippen molar-refractivity contribution in [3.8, 4) is 0 Å². The highest BCUT2D eigenvalue weighted by Crippen LogP contribution is 2.21. The normalized spacial score (nSPS) is 15.4. The van der Waals surface area contributed by atoms with E-state index in [1.807, 2.05) is 42.5 Å². The quantitative estimate of drug-likeness (QED) is 0.765. The molecular formula is C19H18ClN3O. The van der Waals surface area contributed by atoms with Crippen molar-refractivity contribution in [2.24, 2.45) is 0 Å². The summed E-state index contributed by atoms with van der Waals surface area (Å²) in [4.78, 5) is 16.8. The van der Waals surface area contributed by atoms with E-state index in [2.05, 4.69) is 21.3 Å². The second kappa shape index (κ2) is 6.30. The molecule has 4 nitrogen and oxygen atoms in total. The number of aromatic amines is 1. The van der Waals surface area contributed by atoms with Crippen molar-refractivity contribution in [1.29, 1.82) is 0 Å². The van der Waals surface area contributed by atoms with E-state index in [4.69, 9.17) is 11.6 Å². The van der Waals surface area contributed by atoms with E-state index in [1.54, 1.807) is 6.20 Å². The van der Waals surface area contributed by atoms with Crippen molar-refractivity contribution < 1.29 is 0 Å². The van der Waals surface area contributed by atoms with Crippen LogP contribution in [0.4, 0.5) is 5.69 Å². The summed E-state index contributed by atoms with van der Waals surface area (Å²) in [7, 11) is 0. The number of pyridine rings is 1. The molecule has 1 aliphatic heterocycles. The Morgan fingerprint density at radius 1 is 1.17 bits per heavy atom. The van der Waals surface area contributed by atoms with Crippen LogP contribution in [0.5, 0.6) is 0 Å². The summed E-state index contributed by atoms with van der Waals surface area (Å²) < 4.78 is 0. The topological polar surface area (TPSA) is 48.1 Å². The van der Waals surface area contributed by atoms with Gasteiger partial charge in [-0.2, -0.15) is 0 Å². The van der Waals surface area contributed by atoms with E-state index in [0.29, 0.717) is 6.04 Å². The summed E-state index contributed by atoms with van der Waals surface area (Å²) in [5.41, 5.74) is 2.25. The van der Waals surface area contributed by atoms with Gasteiger partial charge in [-0.15, -0.1) is 0 Å². The molecule has 0 atom stereocenters. The SMILES string of the molecule is O=c1[nH]ccc2cc(NC3CN(Cc4cccc(Cl)c4)C3)ccc12. The summed E-state index contributed by atoms with van der Waals surface area (Å²) >= 11 is 6.03. The van der Waals surface area contributed by atoms with Gasteiger partial charge in [0.1, 0.15) is 0 Å². The van der Waals surface area contributed by atoms with Gasteiger partial charge in [0.25, 0.3) is 5.56 Å². The van der Waals surface area contributed by atoms with Gasteiger partial charge in [-0.05, 0) is 47.3 Å². The van der Waals surface area contributed by atoms with Crippen molar-refractivity contribution in [2.45, 2.75) is 12.6 Å². The van der Waals surface area contributed by atoms with Crippen LogP contribution in [-0.4, -0.2) is 29.0 Å². The smallest absolute Gasteiger partial charge is 0.255 e. The second-order valence-electron chi connectivity index (χ2n) is 6.27. The highest BCUT2D eigenvalue weighted by Gasteiger charge is 2.26. The van der Waals surface area contributed by atoms with Gasteiger partial charge < -0.3 is 10.3 Å². The number of likely N-dealkylation sites (tertiary alicyclic amines) is 1. The molecule has 1 fully saturated rings. The van der Waals surface area contributed by atoms with Gasteiger partial charge in [0.05, 0.1) is 6.04 Å². The summed E-state index contributed by atoms with van der Waals surface area (Å²) in [6.07, 6.45) is 1.69. The summed E-state index contributed by atoms with van der Waals surface area (Å²) in [5.74, 6) is 0. The van der Waals surface area contributed by atoms with E-state index in [1.165, 1.54) is 5.56 Å². The number of hydrogen-bond acceptors (Lipinski definition) is 3. The fourth-order valence-corrected chi connectivity index (χ4v) is 3.41. The molecular weight excluding hydrogens is 322 g/mol. The van der Waals surface area contributed by atoms with Gasteiger partial charge in [0, 0.05) is 41.9 Å². The van der Waals surface area contributed by atoms with Crippen molar-refractivity contribution in [1.82, 2.24) is 9.88 Å². The Balaban J connectivity index is 1.37. The number of aromatic nitrogens is 1. The molecule has 0 spiro atoms. The van der Waals surface area contributed by atoms with Gasteiger partial charge >= 0.3 is 0 Å². The average molecular weight is 340 g/mol. The third kappa shape index (κ3) is 3.16. The minimum atomic E-state index is -0.0459. The van der Waals surface area contributed by atoms with Gasteiger partial charge in [-0.1, -0.05) is 23.7 Å². The van der Waals surface area contributed by atoms with Gasteiger partial charge in [-0.3, -0.25) is 9.69 Å². The fraction of sp³-hybridized carbons (Fsp3) is 0.211. The lowest BCUT2D eigenvalue weighted by molar-refractivity contribution is 0.153. The van der Waals surface area contributed by atoms with Gasteiger partial charge in [0.2, 0.25) is 0 Å². The van der Waals surface area contributed by atoms with Crippen LogP contribution < -0.4 is 10.9 Å². The lowest BCUT2D eigenvalue weighted by Crippen LogP contribution is -2.53. The Kier molecular flexibility index (Phi) is 4.00. The molecule has 5 heteroatoms. The highest BCUT2D eigenvalue weighted by atomic mass is 35.5. The van der Waals surface area contributed by atoms with Crippen LogP contribution in [0.3, 0.4) is 0 Å². The van der Waals surface area contributed by atoms with Crippen LogP contribution in [0.15, 0.2) is 59.5 Å². The molecule has 3 aromatic rings. The number of anilines is 1. The fourth-order valence-electron chi connectivity index (χ4n) is 3.20. The maximum absolute atomic E-state index is 11.7. The summed E-state index contributed by atoms with van der Waals surface area (Å²) in [5, 5.41) is 6.00. The molecule has 1 aliphatic rings. The first kappa shape index (κ1) is 15.2. The Morgan fingerprint density at radius 3 is 2.88 bits per heavy atom. The minimum Gasteiger partial charge on any atom is -0.380 e. The molecule has 1 aromatic heterocycles. The van der Waals surface area contributed by atoms with E-state index >= 15 is 0 Å². The lowest BCUT2D eigenvalue weighted by atomic mass is 10.1. The molecule has 24 heavy (non-hydrogen) atoms. The van der Waals surface area contributed by atoms with Crippen LogP contribution in [0.2, 0.25) is 5.02 Å². The molecule has 0 bridgehead atoms. The number of nitrogens with zero attached hydrogens (tertiary/aromatic N) is 1. The maximum atomic E-state index is 11.7. The molecule has 4 rings (SSSR count). The monoisotopic (exact) mass is 339 g/mol. The Labute approximate surface area is 145 Å². The molecule has 2 N–H and O–H groups in total. The van der Waals surface area contributed by atoms with Crippen LogP contribution >= 0.6 is 11.6 Å². The number of hydrogen-bond donors (Lipinski definition) is 2. The largest absolute Gasteiger partial charge is 0.380 e. The molecule has 0 amide bonds. The predicted octanol–water partition coefficient (Wildman–Crippen LogP) is 3.48. The van der Waals surface area contributed by atoms with Gasteiger partial charge in [-0.25, -0.2) is 0 Å². The number of halogens is 1. The third-order valence-electron chi connectivity index (χ3n) is 4.40. The first-order valence-corrected chi connectivity index (χ1v) is 8.40. The molecule has 0 aliphatic carbocycles. The number of benzene rings is 2. The maximum Gasteiger partial charge on any atom is 0.255 e. The number of rotatable bonds is 4. The lowest BCUT2D eigenvalue weighted by Gasteiger charge is -2.40. The zero-order chi connectivity index (χ0) is 16.5. The third-order valence-corrected chi connectivity index (χ3v) is 4.63. The second-order valence-corrected chi connectivity index (χ2v) is 6.71. The molecule has 2 heterocycles. The van der Waals surface area contributed by atoms with Crippen LogP contribution in [0, 0.1) is 0 Å². The Bertz CT molecular complexity index is 931. The predicted molar refractivity (Wildman–Crippen MR) is 98.7 cm³/mol. The van der Waals surface area contributed by atoms with Gasteiger partial charge in [0.15, 0.2) is 0 Å². The molecule has 122 valence electrons. The van der Waals surface area contributed by atoms with E-state index < -0.39 is 0 Å². The number of H-pyrrole nitrogens is 1. The zero-order valence-electron chi connectivity index (χ0n) is 13.1. The van der Waals surface area contributed by atoms with Crippen LogP contribution in [-0.2, 0) is 6.54 Å². The summed E-state index contributed by atoms with van der Waals surface area (Å²) in [6.45, 7) is 2.92. The molecule has 0 unspecified atom stereocenters. The zero-order valence-corrected chi connectivity index (χ0v) is 13.9. The van der Waals surface area contributed by atoms with Crippen molar-refractivity contribution >= 4 is 28.1 Å². The van der Waals surface area contributed by atoms with E-state index in [9.17, 15) is 4.79 Å². The minimum absolute atomic E-state index is 0.0459. The number of nitrogens with one attached hydrogen (secondary N) is 2. The van der Waals surface area contributed by atoms with Crippen LogP contribution in [0.25, 0.3) is 10.8 Å². The standard InChI is InChI=1S/C19H18ClN3O/c20-15-3-1-2-13(8-15)10-23-11-17(12-23)22-16-4-5-18-14(9-16)6-7-21-19(18)24/h1-9,17,22H,10-12H2,(H,21,24). The first-order valence-electron chi connectivity index (χ1n) is 8.02. The highest BCUT2D eigenvalue weighted by molar-refractivity contribution is 6.30. The number of fused-ring (bicyclic) bond motifs is 1. The average Bonchev–Trinajstić information content (AvgIpc) is 2.53. The first-order chi connectivity index (χ1) is 11.7. The van der Waals surface area contributed by atoms with Crippen molar-refractivity contribution in [2.75, 3.05) is 18.4 Å². The Hall–Kier alpha value is -2.30. The van der Waals surface area contributed by atoms with Crippen LogP contribution in [0.1, 0.15) is 5.56 Å². The molecule has 1 saturated heterocycles. The van der Waals surface area contributed by atoms with Crippen molar-refractivity contribution in [3.05, 3.63) is 75.7 Å². The van der Waals surface area contributed by atoms with Crippen molar-refractivity contribution in [3.63, 3.8) is 0 Å². The Morgan fingerprint density at radius 2 is 2.04 bits per heavy atom. The molecule has 0 radical (unpaired) electrons. The molecule has 0 saturated carbocycles. The van der Waals surface area contributed by atoms with E-state index in [-0.39, 0.29) is 5.56 Å². The van der Waals surface area contributed by atoms with E-state index in [0.717, 1.165) is 41.1 Å². The summed E-state index contributed by atoms with van der Waals surface area (Å²) in [6, 6.07) is 16.2.